The van der Waals surface area contributed by atoms with Gasteiger partial charge >= 0.3 is 0 Å². The van der Waals surface area contributed by atoms with Crippen molar-refractivity contribution in [2.75, 3.05) is 0 Å². The molecule has 0 aliphatic carbocycles. The molecule has 0 aromatic carbocycles. The monoisotopic (exact) mass is 147 g/mol. The molecule has 0 aromatic heterocycles. The van der Waals surface area contributed by atoms with Gasteiger partial charge in [-0.1, -0.05) is 13.8 Å². The maximum atomic E-state index is 5.86. The number of hydrogen-bond acceptors (Lipinski definition) is 4. The summed E-state index contributed by atoms with van der Waals surface area (Å²) in [5, 5.41) is 5.85. The van der Waals surface area contributed by atoms with Crippen LogP contribution >= 0.6 is 0 Å². The van der Waals surface area contributed by atoms with E-state index in [9.17, 15) is 0 Å². The van der Waals surface area contributed by atoms with Crippen molar-refractivity contribution in [3.63, 3.8) is 0 Å². The molecular formula is C3H11B4N4. The van der Waals surface area contributed by atoms with E-state index in [1.54, 1.807) is 7.55 Å². The smallest absolute Gasteiger partial charge is 0.286 e. The number of nitrogens with zero attached hydrogens (tertiary/aromatic N) is 1. The van der Waals surface area contributed by atoms with Gasteiger partial charge in [0.1, 0.15) is 0 Å². The van der Waals surface area contributed by atoms with Crippen LogP contribution in [0.25, 0.3) is 0 Å². The maximum absolute atomic E-state index is 5.86. The van der Waals surface area contributed by atoms with Crippen molar-refractivity contribution < 1.29 is 0 Å². The van der Waals surface area contributed by atoms with Gasteiger partial charge in [0.25, 0.3) is 29.6 Å². The Morgan fingerprint density at radius 1 is 1.36 bits per heavy atom. The molecule has 0 spiro atoms. The van der Waals surface area contributed by atoms with Crippen LogP contribution in [0, 0.1) is 0 Å². The van der Waals surface area contributed by atoms with Gasteiger partial charge < -0.3 is 20.6 Å². The Morgan fingerprint density at radius 3 is 2.36 bits per heavy atom. The summed E-state index contributed by atoms with van der Waals surface area (Å²) in [6.07, 6.45) is 0. The van der Waals surface area contributed by atoms with Crippen LogP contribution in [-0.2, 0) is 0 Å². The van der Waals surface area contributed by atoms with E-state index in [2.05, 4.69) is 24.1 Å². The molecule has 1 rings (SSSR count). The van der Waals surface area contributed by atoms with Crippen molar-refractivity contribution >= 4 is 29.6 Å². The van der Waals surface area contributed by atoms with Crippen molar-refractivity contribution in [2.24, 2.45) is 5.64 Å². The molecule has 0 atom stereocenters. The fraction of sp³-hybridized carbons (Fsp3) is 1.00. The lowest BCUT2D eigenvalue weighted by Crippen LogP contribution is -2.65. The highest BCUT2D eigenvalue weighted by atomic mass is 15.1. The molecule has 11 heavy (non-hydrogen) atoms. The van der Waals surface area contributed by atoms with Crippen LogP contribution in [0.15, 0.2) is 0 Å². The summed E-state index contributed by atoms with van der Waals surface area (Å²) in [5.41, 5.74) is 5.86. The number of nitrogens with one attached hydrogen (secondary N) is 2. The van der Waals surface area contributed by atoms with Gasteiger partial charge in [0.2, 0.25) is 0 Å². The van der Waals surface area contributed by atoms with Crippen LogP contribution in [-0.4, -0.2) is 34.3 Å². The van der Waals surface area contributed by atoms with Gasteiger partial charge in [-0.25, -0.2) is 0 Å². The predicted octanol–water partition coefficient (Wildman–Crippen LogP) is -2.06. The maximum Gasteiger partial charge on any atom is 0.286 e. The number of nitrogens with two attached hydrogens (primary N) is 1. The standard InChI is InChI=1S/C3H11B4N4/c1-3(2)7(8)11-5-9-4-10-6-11/h3,9-10H,8H2,1-2H3. The molecule has 55 valence electrons. The first-order valence-electron chi connectivity index (χ1n) is 3.75. The number of rotatable bonds is 2. The number of hydrogen-bond donors (Lipinski definition) is 3. The minimum Gasteiger partial charge on any atom is -0.394 e. The van der Waals surface area contributed by atoms with E-state index in [-0.39, 0.29) is 6.98 Å². The average molecular weight is 146 g/mol. The van der Waals surface area contributed by atoms with E-state index in [1.165, 1.54) is 0 Å². The van der Waals surface area contributed by atoms with Crippen molar-refractivity contribution in [1.29, 1.82) is 0 Å². The fourth-order valence-corrected chi connectivity index (χ4v) is 0.848. The zero-order valence-electron chi connectivity index (χ0n) is 6.91. The van der Waals surface area contributed by atoms with Gasteiger partial charge in [-0.05, 0) is 5.82 Å². The molecule has 0 saturated carbocycles. The first-order chi connectivity index (χ1) is 5.22. The van der Waals surface area contributed by atoms with Crippen LogP contribution in [0.4, 0.5) is 0 Å². The van der Waals surface area contributed by atoms with E-state index in [0.29, 0.717) is 5.82 Å². The van der Waals surface area contributed by atoms with E-state index in [0.717, 1.165) is 0 Å². The molecule has 0 amide bonds. The normalized spacial score (nSPS) is 18.5. The van der Waals surface area contributed by atoms with E-state index in [4.69, 9.17) is 5.64 Å². The molecule has 0 unspecified atom stereocenters. The molecule has 3 radical (unpaired) electrons. The molecule has 0 aromatic rings. The zero-order chi connectivity index (χ0) is 8.27. The van der Waals surface area contributed by atoms with Crippen molar-refractivity contribution in [2.45, 2.75) is 19.7 Å². The molecule has 1 saturated heterocycles. The summed E-state index contributed by atoms with van der Waals surface area (Å²) in [6, 6.07) is 0. The van der Waals surface area contributed by atoms with Crippen molar-refractivity contribution in [3.8, 4) is 0 Å². The third kappa shape index (κ3) is 2.56. The fourth-order valence-electron chi connectivity index (χ4n) is 0.848. The second-order valence-corrected chi connectivity index (χ2v) is 2.92. The van der Waals surface area contributed by atoms with Crippen LogP contribution in [0.5, 0.6) is 0 Å². The summed E-state index contributed by atoms with van der Waals surface area (Å²) in [5.74, 6) is 0.434. The quantitative estimate of drug-likeness (QED) is 0.392. The highest BCUT2D eigenvalue weighted by molar-refractivity contribution is 6.79. The Kier molecular flexibility index (Phi) is 3.51. The van der Waals surface area contributed by atoms with E-state index >= 15 is 0 Å². The highest BCUT2D eigenvalue weighted by Gasteiger charge is 2.25. The van der Waals surface area contributed by atoms with Gasteiger partial charge in [0, 0.05) is 0 Å². The Hall–Kier alpha value is 0.0997. The lowest BCUT2D eigenvalue weighted by atomic mass is 9.55. The average Bonchev–Trinajstić information content (AvgIpc) is 2.05. The van der Waals surface area contributed by atoms with Crippen LogP contribution < -0.4 is 15.9 Å². The summed E-state index contributed by atoms with van der Waals surface area (Å²) in [7, 11) is 5.41. The van der Waals surface area contributed by atoms with Gasteiger partial charge in [0.15, 0.2) is 0 Å². The minimum absolute atomic E-state index is 0.0312. The van der Waals surface area contributed by atoms with Crippen molar-refractivity contribution in [1.82, 2.24) is 14.9 Å². The third-order valence-corrected chi connectivity index (χ3v) is 1.64. The predicted molar refractivity (Wildman–Crippen MR) is 50.4 cm³/mol. The van der Waals surface area contributed by atoms with E-state index < -0.39 is 0 Å². The SMILES string of the molecule is CC(C)B(N)N1[B]N[B]N[B]1. The molecular weight excluding hydrogens is 135 g/mol. The topological polar surface area (TPSA) is 53.3 Å². The Bertz CT molecular complexity index is 116. The van der Waals surface area contributed by atoms with Gasteiger partial charge in [-0.3, -0.25) is 0 Å². The summed E-state index contributed by atoms with van der Waals surface area (Å²) in [4.78, 5) is 0. The lowest BCUT2D eigenvalue weighted by Gasteiger charge is -2.30. The van der Waals surface area contributed by atoms with Crippen LogP contribution in [0.1, 0.15) is 13.8 Å². The molecule has 1 aliphatic heterocycles. The molecule has 0 bridgehead atoms. The first-order valence-corrected chi connectivity index (χ1v) is 3.75. The van der Waals surface area contributed by atoms with Crippen LogP contribution in [0.2, 0.25) is 5.82 Å². The van der Waals surface area contributed by atoms with Gasteiger partial charge in [0.05, 0.1) is 0 Å². The summed E-state index contributed by atoms with van der Waals surface area (Å²) < 4.78 is 1.91. The summed E-state index contributed by atoms with van der Waals surface area (Å²) >= 11 is 0. The minimum atomic E-state index is 0.0312. The largest absolute Gasteiger partial charge is 0.394 e. The third-order valence-electron chi connectivity index (χ3n) is 1.64. The second-order valence-electron chi connectivity index (χ2n) is 2.92. The molecule has 8 heteroatoms. The van der Waals surface area contributed by atoms with E-state index in [1.807, 2.05) is 19.7 Å². The highest BCUT2D eigenvalue weighted by Crippen LogP contribution is 2.04. The van der Waals surface area contributed by atoms with Crippen molar-refractivity contribution in [3.05, 3.63) is 0 Å². The second kappa shape index (κ2) is 4.21. The summed E-state index contributed by atoms with van der Waals surface area (Å²) in [6.45, 7) is 4.21. The lowest BCUT2D eigenvalue weighted by molar-refractivity contribution is 0.886. The van der Waals surface area contributed by atoms with Crippen LogP contribution in [0.3, 0.4) is 0 Å². The Morgan fingerprint density at radius 2 is 1.91 bits per heavy atom. The zero-order valence-corrected chi connectivity index (χ0v) is 6.91. The Balaban J connectivity index is 2.32. The molecule has 1 aliphatic rings. The van der Waals surface area contributed by atoms with Gasteiger partial charge in [-0.2, -0.15) is 0 Å². The Labute approximate surface area is 70.6 Å². The molecule has 4 nitrogen and oxygen atoms in total. The molecule has 1 heterocycles. The first kappa shape index (κ1) is 9.19. The molecule has 1 fully saturated rings. The van der Waals surface area contributed by atoms with Gasteiger partial charge in [-0.15, -0.1) is 0 Å². The molecule has 4 N–H and O–H groups in total.